The van der Waals surface area contributed by atoms with Gasteiger partial charge in [-0.25, -0.2) is 22.0 Å². The SMILES string of the molecule is Cn1cc(CC(=O)Nc2c(F)cccc2-c2ccc(F)c(F)c2)c(C(F)F)n1. The minimum absolute atomic E-state index is 0.000663. The van der Waals surface area contributed by atoms with Crippen LogP contribution in [0.25, 0.3) is 11.1 Å². The van der Waals surface area contributed by atoms with Gasteiger partial charge in [-0.1, -0.05) is 18.2 Å². The predicted molar refractivity (Wildman–Crippen MR) is 92.3 cm³/mol. The molecule has 0 saturated carbocycles. The van der Waals surface area contributed by atoms with Crippen molar-refractivity contribution in [3.8, 4) is 11.1 Å². The molecule has 0 radical (unpaired) electrons. The summed E-state index contributed by atoms with van der Waals surface area (Å²) in [6, 6.07) is 6.83. The number of nitrogens with one attached hydrogen (secondary N) is 1. The Morgan fingerprint density at radius 3 is 2.54 bits per heavy atom. The summed E-state index contributed by atoms with van der Waals surface area (Å²) in [5, 5.41) is 5.93. The Morgan fingerprint density at radius 2 is 1.86 bits per heavy atom. The third-order valence-corrected chi connectivity index (χ3v) is 4.00. The van der Waals surface area contributed by atoms with Crippen molar-refractivity contribution >= 4 is 11.6 Å². The minimum atomic E-state index is -2.87. The number of benzene rings is 2. The molecular formula is C19H14F5N3O. The number of rotatable bonds is 5. The van der Waals surface area contributed by atoms with Crippen LogP contribution in [0.5, 0.6) is 0 Å². The van der Waals surface area contributed by atoms with Crippen molar-refractivity contribution in [1.82, 2.24) is 9.78 Å². The molecule has 28 heavy (non-hydrogen) atoms. The molecule has 3 aromatic rings. The van der Waals surface area contributed by atoms with Crippen molar-refractivity contribution < 1.29 is 26.7 Å². The lowest BCUT2D eigenvalue weighted by Crippen LogP contribution is -2.16. The van der Waals surface area contributed by atoms with E-state index in [9.17, 15) is 26.7 Å². The lowest BCUT2D eigenvalue weighted by atomic mass is 10.0. The summed E-state index contributed by atoms with van der Waals surface area (Å²) in [7, 11) is 1.44. The third kappa shape index (κ3) is 4.03. The number of hydrogen-bond acceptors (Lipinski definition) is 2. The molecule has 1 N–H and O–H groups in total. The summed E-state index contributed by atoms with van der Waals surface area (Å²) in [5.41, 5.74) is -0.537. The number of amides is 1. The third-order valence-electron chi connectivity index (χ3n) is 4.00. The van der Waals surface area contributed by atoms with Crippen LogP contribution in [0.1, 0.15) is 17.7 Å². The van der Waals surface area contributed by atoms with Gasteiger partial charge in [0, 0.05) is 24.4 Å². The zero-order valence-corrected chi connectivity index (χ0v) is 14.5. The largest absolute Gasteiger partial charge is 0.323 e. The highest BCUT2D eigenvalue weighted by molar-refractivity contribution is 5.96. The molecule has 1 aromatic heterocycles. The number of para-hydroxylation sites is 1. The average Bonchev–Trinajstić information content (AvgIpc) is 2.99. The maximum absolute atomic E-state index is 14.3. The molecule has 146 valence electrons. The predicted octanol–water partition coefficient (Wildman–Crippen LogP) is 4.62. The van der Waals surface area contributed by atoms with E-state index in [2.05, 4.69) is 10.4 Å². The van der Waals surface area contributed by atoms with Crippen molar-refractivity contribution in [2.45, 2.75) is 12.8 Å². The Labute approximate surface area is 156 Å². The lowest BCUT2D eigenvalue weighted by molar-refractivity contribution is -0.115. The Hall–Kier alpha value is -3.23. The van der Waals surface area contributed by atoms with Crippen molar-refractivity contribution in [3.05, 3.63) is 71.3 Å². The molecule has 0 spiro atoms. The number of anilines is 1. The van der Waals surface area contributed by atoms with E-state index in [1.165, 1.54) is 31.4 Å². The van der Waals surface area contributed by atoms with Gasteiger partial charge < -0.3 is 5.32 Å². The highest BCUT2D eigenvalue weighted by atomic mass is 19.3. The molecule has 0 aliphatic heterocycles. The second-order valence-electron chi connectivity index (χ2n) is 6.03. The normalized spacial score (nSPS) is 11.1. The van der Waals surface area contributed by atoms with Gasteiger partial charge in [0.05, 0.1) is 12.1 Å². The molecule has 0 aliphatic rings. The molecule has 0 bridgehead atoms. The molecule has 9 heteroatoms. The van der Waals surface area contributed by atoms with Crippen LogP contribution < -0.4 is 5.32 Å². The van der Waals surface area contributed by atoms with E-state index in [4.69, 9.17) is 0 Å². The topological polar surface area (TPSA) is 46.9 Å². The fraction of sp³-hybridized carbons (Fsp3) is 0.158. The lowest BCUT2D eigenvalue weighted by Gasteiger charge is -2.13. The molecule has 2 aromatic carbocycles. The molecule has 0 fully saturated rings. The van der Waals surface area contributed by atoms with Crippen molar-refractivity contribution in [1.29, 1.82) is 0 Å². The first-order chi connectivity index (χ1) is 13.3. The van der Waals surface area contributed by atoms with Crippen LogP contribution in [-0.2, 0) is 18.3 Å². The quantitative estimate of drug-likeness (QED) is 0.641. The first-order valence-corrected chi connectivity index (χ1v) is 8.10. The fourth-order valence-electron chi connectivity index (χ4n) is 2.79. The Morgan fingerprint density at radius 1 is 1.11 bits per heavy atom. The van der Waals surface area contributed by atoms with Gasteiger partial charge in [-0.05, 0) is 23.8 Å². The Kier molecular flexibility index (Phi) is 5.43. The summed E-state index contributed by atoms with van der Waals surface area (Å²) >= 11 is 0. The minimum Gasteiger partial charge on any atom is -0.323 e. The van der Waals surface area contributed by atoms with Crippen LogP contribution >= 0.6 is 0 Å². The summed E-state index contributed by atoms with van der Waals surface area (Å²) in [6.45, 7) is 0. The molecule has 0 saturated heterocycles. The first-order valence-electron chi connectivity index (χ1n) is 8.10. The second kappa shape index (κ2) is 7.79. The summed E-state index contributed by atoms with van der Waals surface area (Å²) in [4.78, 5) is 12.3. The highest BCUT2D eigenvalue weighted by Gasteiger charge is 2.21. The van der Waals surface area contributed by atoms with Crippen LogP contribution in [0, 0.1) is 17.5 Å². The maximum atomic E-state index is 14.3. The number of aryl methyl sites for hydroxylation is 1. The molecule has 0 aliphatic carbocycles. The number of hydrogen-bond donors (Lipinski definition) is 1. The molecule has 1 amide bonds. The van der Waals surface area contributed by atoms with E-state index in [0.717, 1.165) is 22.9 Å². The van der Waals surface area contributed by atoms with Gasteiger partial charge in [-0.2, -0.15) is 5.10 Å². The van der Waals surface area contributed by atoms with Crippen molar-refractivity contribution in [2.75, 3.05) is 5.32 Å². The van der Waals surface area contributed by atoms with Gasteiger partial charge in [-0.3, -0.25) is 9.48 Å². The zero-order valence-electron chi connectivity index (χ0n) is 14.5. The van der Waals surface area contributed by atoms with Crippen LogP contribution in [0.15, 0.2) is 42.6 Å². The Bertz CT molecular complexity index is 1030. The van der Waals surface area contributed by atoms with Gasteiger partial charge in [0.1, 0.15) is 11.5 Å². The molecule has 0 atom stereocenters. The van der Waals surface area contributed by atoms with Gasteiger partial charge in [0.2, 0.25) is 5.91 Å². The fourth-order valence-corrected chi connectivity index (χ4v) is 2.79. The number of halogens is 5. The van der Waals surface area contributed by atoms with Crippen molar-refractivity contribution in [2.24, 2.45) is 7.05 Å². The summed E-state index contributed by atoms with van der Waals surface area (Å²) in [6.07, 6.45) is -2.05. The van der Waals surface area contributed by atoms with E-state index in [-0.39, 0.29) is 22.4 Å². The zero-order chi connectivity index (χ0) is 20.4. The van der Waals surface area contributed by atoms with Crippen LogP contribution in [0.4, 0.5) is 27.6 Å². The van der Waals surface area contributed by atoms with E-state index in [1.807, 2.05) is 0 Å². The molecule has 3 rings (SSSR count). The van der Waals surface area contributed by atoms with Crippen LogP contribution in [0.3, 0.4) is 0 Å². The molecular weight excluding hydrogens is 381 g/mol. The molecule has 4 nitrogen and oxygen atoms in total. The Balaban J connectivity index is 1.90. The number of aromatic nitrogens is 2. The molecule has 0 unspecified atom stereocenters. The monoisotopic (exact) mass is 395 g/mol. The molecule has 1 heterocycles. The smallest absolute Gasteiger partial charge is 0.282 e. The standard InChI is InChI=1S/C19H14F5N3O/c1-27-9-11(17(26-27)19(23)24)8-16(28)25-18-12(3-2-4-14(18)21)10-5-6-13(20)15(22)7-10/h2-7,9,19H,8H2,1H3,(H,25,28). The number of carbonyl (C=O) groups is 1. The van der Waals surface area contributed by atoms with Gasteiger partial charge in [0.25, 0.3) is 6.43 Å². The van der Waals surface area contributed by atoms with E-state index < -0.39 is 41.9 Å². The van der Waals surface area contributed by atoms with Crippen molar-refractivity contribution in [3.63, 3.8) is 0 Å². The van der Waals surface area contributed by atoms with Crippen LogP contribution in [0.2, 0.25) is 0 Å². The van der Waals surface area contributed by atoms with E-state index >= 15 is 0 Å². The number of alkyl halides is 2. The summed E-state index contributed by atoms with van der Waals surface area (Å²) < 4.78 is 68.2. The van der Waals surface area contributed by atoms with E-state index in [0.29, 0.717) is 0 Å². The van der Waals surface area contributed by atoms with E-state index in [1.54, 1.807) is 0 Å². The average molecular weight is 395 g/mol. The maximum Gasteiger partial charge on any atom is 0.282 e. The highest BCUT2D eigenvalue weighted by Crippen LogP contribution is 2.31. The first kappa shape index (κ1) is 19.5. The van der Waals surface area contributed by atoms with Crippen LogP contribution in [-0.4, -0.2) is 15.7 Å². The second-order valence-corrected chi connectivity index (χ2v) is 6.03. The summed E-state index contributed by atoms with van der Waals surface area (Å²) in [5.74, 6) is -3.77. The van der Waals surface area contributed by atoms with Gasteiger partial charge in [0.15, 0.2) is 11.6 Å². The number of carbonyl (C=O) groups excluding carboxylic acids is 1. The number of nitrogens with zero attached hydrogens (tertiary/aromatic N) is 2. The van der Waals surface area contributed by atoms with Gasteiger partial charge >= 0.3 is 0 Å². The van der Waals surface area contributed by atoms with Gasteiger partial charge in [-0.15, -0.1) is 0 Å².